The van der Waals surface area contributed by atoms with Gasteiger partial charge < -0.3 is 19.3 Å². The lowest BCUT2D eigenvalue weighted by molar-refractivity contribution is -0.171. The Morgan fingerprint density at radius 2 is 2.05 bits per heavy atom. The van der Waals surface area contributed by atoms with Crippen LogP contribution in [0.4, 0.5) is 0 Å². The zero-order valence-corrected chi connectivity index (χ0v) is 12.0. The first kappa shape index (κ1) is 13.8. The molecule has 0 aromatic heterocycles. The lowest BCUT2D eigenvalue weighted by Gasteiger charge is -2.45. The van der Waals surface area contributed by atoms with Gasteiger partial charge in [0.25, 0.3) is 0 Å². The van der Waals surface area contributed by atoms with Crippen LogP contribution in [0.3, 0.4) is 0 Å². The summed E-state index contributed by atoms with van der Waals surface area (Å²) in [6, 6.07) is -0.280. The average Bonchev–Trinajstić information content (AvgIpc) is 2.79. The summed E-state index contributed by atoms with van der Waals surface area (Å²) in [4.78, 5) is 27.7. The Balaban J connectivity index is 1.67. The van der Waals surface area contributed by atoms with Gasteiger partial charge in [0.15, 0.2) is 0 Å². The normalized spacial score (nSPS) is 30.1. The zero-order valence-electron chi connectivity index (χ0n) is 12.0. The molecule has 1 unspecified atom stereocenters. The van der Waals surface area contributed by atoms with Gasteiger partial charge in [-0.1, -0.05) is 0 Å². The average molecular weight is 282 g/mol. The van der Waals surface area contributed by atoms with Crippen molar-refractivity contribution in [1.82, 2.24) is 9.80 Å². The third-order valence-corrected chi connectivity index (χ3v) is 4.74. The molecule has 20 heavy (non-hydrogen) atoms. The fourth-order valence-corrected chi connectivity index (χ4v) is 3.38. The lowest BCUT2D eigenvalue weighted by Crippen LogP contribution is -2.58. The van der Waals surface area contributed by atoms with Gasteiger partial charge in [-0.25, -0.2) is 0 Å². The molecule has 112 valence electrons. The van der Waals surface area contributed by atoms with Crippen molar-refractivity contribution in [1.29, 1.82) is 0 Å². The van der Waals surface area contributed by atoms with E-state index in [9.17, 15) is 9.59 Å². The Morgan fingerprint density at radius 3 is 2.70 bits per heavy atom. The fourth-order valence-electron chi connectivity index (χ4n) is 3.38. The Bertz CT molecular complexity index is 400. The second-order valence-corrected chi connectivity index (χ2v) is 5.96. The van der Waals surface area contributed by atoms with Crippen molar-refractivity contribution in [3.63, 3.8) is 0 Å². The van der Waals surface area contributed by atoms with Crippen LogP contribution >= 0.6 is 0 Å². The predicted octanol–water partition coefficient (Wildman–Crippen LogP) is 0.0152. The van der Waals surface area contributed by atoms with E-state index < -0.39 is 0 Å². The first-order valence-corrected chi connectivity index (χ1v) is 7.37. The van der Waals surface area contributed by atoms with Crippen LogP contribution in [-0.4, -0.2) is 73.2 Å². The standard InChI is InChI=1S/C14H22N2O4/c1-15-11(2-3-12(15)17)13(18)16-6-9-20-14(10-16)4-7-19-8-5-14/h11H,2-10H2,1H3. The molecule has 0 radical (unpaired) electrons. The van der Waals surface area contributed by atoms with Gasteiger partial charge in [0.2, 0.25) is 11.8 Å². The molecule has 3 heterocycles. The topological polar surface area (TPSA) is 59.1 Å². The highest BCUT2D eigenvalue weighted by Gasteiger charge is 2.43. The minimum atomic E-state index is -0.280. The summed E-state index contributed by atoms with van der Waals surface area (Å²) < 4.78 is 11.3. The van der Waals surface area contributed by atoms with E-state index in [0.717, 1.165) is 12.8 Å². The summed E-state index contributed by atoms with van der Waals surface area (Å²) in [6.45, 7) is 3.23. The highest BCUT2D eigenvalue weighted by Crippen LogP contribution is 2.30. The first-order valence-electron chi connectivity index (χ1n) is 7.37. The Kier molecular flexibility index (Phi) is 3.69. The molecule has 0 saturated carbocycles. The zero-order chi connectivity index (χ0) is 14.2. The summed E-state index contributed by atoms with van der Waals surface area (Å²) in [5.41, 5.74) is -0.229. The quantitative estimate of drug-likeness (QED) is 0.680. The second-order valence-electron chi connectivity index (χ2n) is 5.96. The predicted molar refractivity (Wildman–Crippen MR) is 71.1 cm³/mol. The van der Waals surface area contributed by atoms with Crippen molar-refractivity contribution in [2.45, 2.75) is 37.3 Å². The van der Waals surface area contributed by atoms with E-state index in [4.69, 9.17) is 9.47 Å². The number of ether oxygens (including phenoxy) is 2. The van der Waals surface area contributed by atoms with Crippen molar-refractivity contribution >= 4 is 11.8 Å². The van der Waals surface area contributed by atoms with Crippen LogP contribution in [0.1, 0.15) is 25.7 Å². The van der Waals surface area contributed by atoms with E-state index in [1.54, 1.807) is 11.9 Å². The third-order valence-electron chi connectivity index (χ3n) is 4.74. The second kappa shape index (κ2) is 5.33. The molecule has 0 aromatic carbocycles. The lowest BCUT2D eigenvalue weighted by atomic mass is 9.92. The van der Waals surface area contributed by atoms with Crippen LogP contribution < -0.4 is 0 Å². The summed E-state index contributed by atoms with van der Waals surface area (Å²) in [6.07, 6.45) is 2.81. The van der Waals surface area contributed by atoms with Crippen LogP contribution in [0, 0.1) is 0 Å². The molecule has 2 amide bonds. The molecule has 0 aliphatic carbocycles. The summed E-state index contributed by atoms with van der Waals surface area (Å²) >= 11 is 0. The van der Waals surface area contributed by atoms with Crippen LogP contribution in [0.15, 0.2) is 0 Å². The Labute approximate surface area is 119 Å². The van der Waals surface area contributed by atoms with Crippen molar-refractivity contribution in [3.8, 4) is 0 Å². The number of rotatable bonds is 1. The maximum absolute atomic E-state index is 12.6. The van der Waals surface area contributed by atoms with E-state index in [1.807, 2.05) is 4.90 Å². The number of hydrogen-bond acceptors (Lipinski definition) is 4. The van der Waals surface area contributed by atoms with Gasteiger partial charge in [0.1, 0.15) is 6.04 Å². The third kappa shape index (κ3) is 2.42. The summed E-state index contributed by atoms with van der Waals surface area (Å²) in [5.74, 6) is 0.143. The van der Waals surface area contributed by atoms with Crippen LogP contribution in [0.5, 0.6) is 0 Å². The molecule has 3 saturated heterocycles. The Morgan fingerprint density at radius 1 is 1.30 bits per heavy atom. The van der Waals surface area contributed by atoms with Crippen molar-refractivity contribution in [2.24, 2.45) is 0 Å². The molecule has 1 atom stereocenters. The van der Waals surface area contributed by atoms with Crippen LogP contribution in [0.2, 0.25) is 0 Å². The number of carbonyl (C=O) groups excluding carboxylic acids is 2. The summed E-state index contributed by atoms with van der Waals surface area (Å²) in [7, 11) is 1.72. The molecule has 0 N–H and O–H groups in total. The maximum Gasteiger partial charge on any atom is 0.245 e. The molecular formula is C14H22N2O4. The monoisotopic (exact) mass is 282 g/mol. The van der Waals surface area contributed by atoms with E-state index >= 15 is 0 Å². The van der Waals surface area contributed by atoms with E-state index in [2.05, 4.69) is 0 Å². The molecule has 6 nitrogen and oxygen atoms in total. The van der Waals surface area contributed by atoms with Gasteiger partial charge in [0.05, 0.1) is 12.2 Å². The SMILES string of the molecule is CN1C(=O)CCC1C(=O)N1CCOC2(CCOCC2)C1. The van der Waals surface area contributed by atoms with Gasteiger partial charge >= 0.3 is 0 Å². The number of amides is 2. The number of nitrogens with zero attached hydrogens (tertiary/aromatic N) is 2. The van der Waals surface area contributed by atoms with Gasteiger partial charge in [-0.05, 0) is 6.42 Å². The number of carbonyl (C=O) groups is 2. The number of hydrogen-bond donors (Lipinski definition) is 0. The minimum Gasteiger partial charge on any atom is -0.381 e. The van der Waals surface area contributed by atoms with Crippen LogP contribution in [-0.2, 0) is 19.1 Å². The smallest absolute Gasteiger partial charge is 0.245 e. The van der Waals surface area contributed by atoms with Crippen molar-refractivity contribution in [3.05, 3.63) is 0 Å². The highest BCUT2D eigenvalue weighted by atomic mass is 16.5. The molecule has 6 heteroatoms. The fraction of sp³-hybridized carbons (Fsp3) is 0.857. The van der Waals surface area contributed by atoms with Gasteiger partial charge in [-0.2, -0.15) is 0 Å². The largest absolute Gasteiger partial charge is 0.381 e. The molecule has 3 fully saturated rings. The number of morpholine rings is 1. The number of likely N-dealkylation sites (N-methyl/N-ethyl adjacent to an activating group) is 1. The molecular weight excluding hydrogens is 260 g/mol. The number of likely N-dealkylation sites (tertiary alicyclic amines) is 1. The van der Waals surface area contributed by atoms with Gasteiger partial charge in [-0.3, -0.25) is 9.59 Å². The Hall–Kier alpha value is -1.14. The molecule has 3 rings (SSSR count). The minimum absolute atomic E-state index is 0.0670. The first-order chi connectivity index (χ1) is 9.61. The van der Waals surface area contributed by atoms with Gasteiger partial charge in [-0.15, -0.1) is 0 Å². The maximum atomic E-state index is 12.6. The van der Waals surface area contributed by atoms with E-state index in [-0.39, 0.29) is 23.5 Å². The molecule has 3 aliphatic heterocycles. The summed E-state index contributed by atoms with van der Waals surface area (Å²) in [5, 5.41) is 0. The van der Waals surface area contributed by atoms with E-state index in [0.29, 0.717) is 45.8 Å². The van der Waals surface area contributed by atoms with Crippen molar-refractivity contribution in [2.75, 3.05) is 40.0 Å². The van der Waals surface area contributed by atoms with Crippen LogP contribution in [0.25, 0.3) is 0 Å². The molecule has 3 aliphatic rings. The highest BCUT2D eigenvalue weighted by molar-refractivity contribution is 5.90. The molecule has 0 bridgehead atoms. The van der Waals surface area contributed by atoms with Gasteiger partial charge in [0, 0.05) is 52.6 Å². The molecule has 1 spiro atoms. The van der Waals surface area contributed by atoms with Crippen molar-refractivity contribution < 1.29 is 19.1 Å². The molecule has 0 aromatic rings. The van der Waals surface area contributed by atoms with E-state index in [1.165, 1.54) is 0 Å².